The van der Waals surface area contributed by atoms with Crippen molar-refractivity contribution in [3.05, 3.63) is 0 Å². The molecule has 0 bridgehead atoms. The van der Waals surface area contributed by atoms with Gasteiger partial charge in [0, 0.05) is 0 Å². The van der Waals surface area contributed by atoms with Gasteiger partial charge in [-0.3, -0.25) is 0 Å². The minimum Gasteiger partial charge on any atom is -0.776 e. The molecule has 0 N–H and O–H groups in total. The third kappa shape index (κ3) is 54.8. The van der Waals surface area contributed by atoms with Crippen molar-refractivity contribution in [2.75, 3.05) is 0 Å². The van der Waals surface area contributed by atoms with E-state index in [1.165, 1.54) is 0 Å². The molecule has 0 heterocycles. The zero-order valence-electron chi connectivity index (χ0n) is 3.02. The van der Waals surface area contributed by atoms with Crippen LogP contribution < -0.4 is 23.8 Å². The van der Waals surface area contributed by atoms with Gasteiger partial charge in [0.25, 0.3) is 0 Å². The van der Waals surface area contributed by atoms with Crippen LogP contribution in [-0.2, 0) is 4.57 Å². The Morgan fingerprint density at radius 2 is 1.50 bits per heavy atom. The molecule has 0 aliphatic carbocycles. The van der Waals surface area contributed by atoms with Crippen molar-refractivity contribution in [3.63, 3.8) is 0 Å². The molecule has 0 rings (SSSR count). The van der Waals surface area contributed by atoms with Gasteiger partial charge in [0.1, 0.15) is 0 Å². The Bertz CT molecular complexity index is 57.7. The average Bonchev–Trinajstić information content (AvgIpc) is 0.722. The molecule has 32 valence electrons. The molecule has 0 aromatic carbocycles. The monoisotopic (exact) mass is 140 g/mol. The van der Waals surface area contributed by atoms with Gasteiger partial charge in [-0.15, -0.1) is 0 Å². The van der Waals surface area contributed by atoms with Gasteiger partial charge in [0.05, 0.1) is 0 Å². The maximum Gasteiger partial charge on any atom is 1.00 e. The molecule has 0 atom stereocenters. The van der Waals surface area contributed by atoms with Gasteiger partial charge in [0.15, 0.2) is 6.07 Å². The van der Waals surface area contributed by atoms with Crippen molar-refractivity contribution in [3.8, 4) is 0 Å². The van der Waals surface area contributed by atoms with Crippen LogP contribution in [-0.4, -0.2) is 0 Å². The fourth-order valence-corrected chi connectivity index (χ4v) is 0. The minimum atomic E-state index is -3.94. The zero-order chi connectivity index (χ0) is 4.50. The summed E-state index contributed by atoms with van der Waals surface area (Å²) in [7, 11) is 0. The van der Waals surface area contributed by atoms with Crippen molar-refractivity contribution in [1.29, 1.82) is 0 Å². The molecule has 0 aromatic heterocycles. The molecule has 0 aromatic rings. The van der Waals surface area contributed by atoms with E-state index in [0.29, 0.717) is 0 Å². The summed E-state index contributed by atoms with van der Waals surface area (Å²) in [6.07, 6.45) is -3.94. The first-order valence-electron chi connectivity index (χ1n) is 0.703. The quantitative estimate of drug-likeness (QED) is 0.287. The SMILES string of the molecule is O=P([O-])(Cl)Cl.[Li+]. The van der Waals surface area contributed by atoms with E-state index < -0.39 is 6.07 Å². The van der Waals surface area contributed by atoms with E-state index in [-0.39, 0.29) is 18.9 Å². The van der Waals surface area contributed by atoms with E-state index in [1.807, 2.05) is 0 Å². The fourth-order valence-electron chi connectivity index (χ4n) is 0. The second kappa shape index (κ2) is 3.38. The fraction of sp³-hybridized carbons (Fsp3) is 0. The summed E-state index contributed by atoms with van der Waals surface area (Å²) in [5.74, 6) is 0. The number of hydrogen-bond donors (Lipinski definition) is 0. The van der Waals surface area contributed by atoms with Crippen LogP contribution in [0.1, 0.15) is 0 Å². The van der Waals surface area contributed by atoms with Crippen molar-refractivity contribution in [1.82, 2.24) is 0 Å². The molecule has 0 aliphatic heterocycles. The van der Waals surface area contributed by atoms with E-state index in [9.17, 15) is 9.46 Å². The molecule has 0 unspecified atom stereocenters. The van der Waals surface area contributed by atoms with Crippen molar-refractivity contribution >= 4 is 28.6 Å². The first-order chi connectivity index (χ1) is 2.00. The molecule has 2 nitrogen and oxygen atoms in total. The van der Waals surface area contributed by atoms with E-state index in [0.717, 1.165) is 0 Å². The Morgan fingerprint density at radius 1 is 1.50 bits per heavy atom. The van der Waals surface area contributed by atoms with E-state index in [2.05, 4.69) is 22.5 Å². The Balaban J connectivity index is 0. The van der Waals surface area contributed by atoms with Crippen molar-refractivity contribution < 1.29 is 28.3 Å². The molecule has 0 amide bonds. The Morgan fingerprint density at radius 3 is 1.50 bits per heavy atom. The summed E-state index contributed by atoms with van der Waals surface area (Å²) in [6, 6.07) is 0. The molecule has 0 fully saturated rings. The maximum atomic E-state index is 9.19. The van der Waals surface area contributed by atoms with Gasteiger partial charge >= 0.3 is 18.9 Å². The summed E-state index contributed by atoms with van der Waals surface area (Å²) in [6.45, 7) is 0. The van der Waals surface area contributed by atoms with Crippen molar-refractivity contribution in [2.45, 2.75) is 0 Å². The van der Waals surface area contributed by atoms with Gasteiger partial charge < -0.3 is 9.46 Å². The number of halogens is 2. The molecule has 0 saturated heterocycles. The Hall–Kier alpha value is 1.37. The molecular formula is Cl2LiO2P. The van der Waals surface area contributed by atoms with Gasteiger partial charge in [-0.25, -0.2) is 0 Å². The van der Waals surface area contributed by atoms with Crippen LogP contribution >= 0.6 is 28.6 Å². The molecule has 0 radical (unpaired) electrons. The summed E-state index contributed by atoms with van der Waals surface area (Å²) in [4.78, 5) is 9.19. The molecule has 0 spiro atoms. The van der Waals surface area contributed by atoms with Gasteiger partial charge in [-0.2, -0.15) is 0 Å². The third-order valence-corrected chi connectivity index (χ3v) is 0. The first kappa shape index (κ1) is 10.4. The third-order valence-electron chi connectivity index (χ3n) is 0. The summed E-state index contributed by atoms with van der Waals surface area (Å²) in [5, 5.41) is 0. The topological polar surface area (TPSA) is 40.1 Å². The van der Waals surface area contributed by atoms with Crippen LogP contribution in [0, 0.1) is 0 Å². The molecule has 6 heavy (non-hydrogen) atoms. The zero-order valence-corrected chi connectivity index (χ0v) is 5.43. The smallest absolute Gasteiger partial charge is 0.776 e. The van der Waals surface area contributed by atoms with Gasteiger partial charge in [-0.1, -0.05) is 22.5 Å². The summed E-state index contributed by atoms with van der Waals surface area (Å²) in [5.41, 5.74) is 0. The number of rotatable bonds is 0. The molecular weight excluding hydrogens is 141 g/mol. The van der Waals surface area contributed by atoms with E-state index in [4.69, 9.17) is 0 Å². The predicted octanol–water partition coefficient (Wildman–Crippen LogP) is -2.06. The van der Waals surface area contributed by atoms with Crippen LogP contribution in [0.4, 0.5) is 0 Å². The summed E-state index contributed by atoms with van der Waals surface area (Å²) < 4.78 is 9.19. The van der Waals surface area contributed by atoms with Crippen molar-refractivity contribution in [2.24, 2.45) is 0 Å². The largest absolute Gasteiger partial charge is 1.00 e. The minimum absolute atomic E-state index is 0. The second-order valence-electron chi connectivity index (χ2n) is 0.414. The van der Waals surface area contributed by atoms with Crippen LogP contribution in [0.15, 0.2) is 0 Å². The Kier molecular flexibility index (Phi) is 5.84. The van der Waals surface area contributed by atoms with Gasteiger partial charge in [-0.05, 0) is 0 Å². The molecule has 6 heteroatoms. The Labute approximate surface area is 57.0 Å². The average molecular weight is 141 g/mol. The van der Waals surface area contributed by atoms with E-state index >= 15 is 0 Å². The molecule has 0 saturated carbocycles. The van der Waals surface area contributed by atoms with Gasteiger partial charge in [0.2, 0.25) is 0 Å². The van der Waals surface area contributed by atoms with Crippen LogP contribution in [0.3, 0.4) is 0 Å². The predicted molar refractivity (Wildman–Crippen MR) is 19.3 cm³/mol. The van der Waals surface area contributed by atoms with Crippen LogP contribution in [0.2, 0.25) is 0 Å². The van der Waals surface area contributed by atoms with Crippen LogP contribution in [0.25, 0.3) is 0 Å². The number of hydrogen-bond acceptors (Lipinski definition) is 2. The molecule has 0 aliphatic rings. The van der Waals surface area contributed by atoms with E-state index in [1.54, 1.807) is 0 Å². The summed E-state index contributed by atoms with van der Waals surface area (Å²) >= 11 is 8.59. The van der Waals surface area contributed by atoms with Crippen LogP contribution in [0.5, 0.6) is 0 Å². The first-order valence-corrected chi connectivity index (χ1v) is 4.14. The second-order valence-corrected chi connectivity index (χ2v) is 4.43. The normalized spacial score (nSPS) is 9.83. The standard InChI is InChI=1S/Cl2HO2P.Li/c1-5(2,3)4;/h(H,3,4);/q;+1/p-1. The maximum absolute atomic E-state index is 9.19.